The minimum absolute atomic E-state index is 0.253. The van der Waals surface area contributed by atoms with Crippen LogP contribution in [0.25, 0.3) is 0 Å². The van der Waals surface area contributed by atoms with Crippen molar-refractivity contribution in [2.75, 3.05) is 7.05 Å². The number of rotatable bonds is 5. The molecule has 0 spiro atoms. The molecule has 1 unspecified atom stereocenters. The predicted molar refractivity (Wildman–Crippen MR) is 98.2 cm³/mol. The van der Waals surface area contributed by atoms with Crippen LogP contribution in [-0.2, 0) is 20.0 Å². The molecular formula is C18H28N6. The Morgan fingerprint density at radius 3 is 2.62 bits per heavy atom. The molecule has 0 aliphatic rings. The molecule has 2 aromatic heterocycles. The first kappa shape index (κ1) is 18.0. The highest BCUT2D eigenvalue weighted by Gasteiger charge is 2.14. The van der Waals surface area contributed by atoms with Crippen molar-refractivity contribution in [1.29, 1.82) is 0 Å². The van der Waals surface area contributed by atoms with Gasteiger partial charge in [-0.25, -0.2) is 0 Å². The maximum Gasteiger partial charge on any atom is 0.191 e. The molecule has 1 atom stereocenters. The van der Waals surface area contributed by atoms with Crippen LogP contribution in [0.2, 0.25) is 0 Å². The Morgan fingerprint density at radius 2 is 2.04 bits per heavy atom. The van der Waals surface area contributed by atoms with Crippen LogP contribution in [0.5, 0.6) is 0 Å². The lowest BCUT2D eigenvalue weighted by molar-refractivity contribution is 0.634. The van der Waals surface area contributed by atoms with E-state index in [0.29, 0.717) is 6.54 Å². The van der Waals surface area contributed by atoms with E-state index >= 15 is 0 Å². The second-order valence-corrected chi connectivity index (χ2v) is 6.22. The zero-order valence-corrected chi connectivity index (χ0v) is 15.5. The molecule has 2 aromatic rings. The third-order valence-corrected chi connectivity index (χ3v) is 4.16. The van der Waals surface area contributed by atoms with E-state index in [4.69, 9.17) is 0 Å². The number of aryl methyl sites for hydroxylation is 3. The van der Waals surface area contributed by atoms with Crippen LogP contribution in [-0.4, -0.2) is 33.8 Å². The quantitative estimate of drug-likeness (QED) is 0.651. The maximum atomic E-state index is 4.50. The molecule has 6 nitrogen and oxygen atoms in total. The van der Waals surface area contributed by atoms with Crippen molar-refractivity contribution in [3.63, 3.8) is 0 Å². The molecule has 130 valence electrons. The van der Waals surface area contributed by atoms with Gasteiger partial charge in [0.2, 0.25) is 0 Å². The average Bonchev–Trinajstić information content (AvgIpc) is 2.78. The molecule has 0 aliphatic carbocycles. The zero-order chi connectivity index (χ0) is 17.7. The highest BCUT2D eigenvalue weighted by molar-refractivity contribution is 5.79. The van der Waals surface area contributed by atoms with Crippen LogP contribution < -0.4 is 10.6 Å². The molecule has 6 heteroatoms. The molecule has 0 radical (unpaired) electrons. The Bertz CT molecular complexity index is 716. The van der Waals surface area contributed by atoms with Crippen molar-refractivity contribution in [2.24, 2.45) is 12.0 Å². The molecule has 0 fully saturated rings. The summed E-state index contributed by atoms with van der Waals surface area (Å²) < 4.78 is 1.94. The highest BCUT2D eigenvalue weighted by Crippen LogP contribution is 2.14. The van der Waals surface area contributed by atoms with Crippen molar-refractivity contribution in [1.82, 2.24) is 25.4 Å². The van der Waals surface area contributed by atoms with Crippen LogP contribution >= 0.6 is 0 Å². The Balaban J connectivity index is 1.92. The number of nitrogens with one attached hydrogen (secondary N) is 2. The third-order valence-electron chi connectivity index (χ3n) is 4.16. The fourth-order valence-electron chi connectivity index (χ4n) is 2.77. The number of nitrogens with zero attached hydrogens (tertiary/aromatic N) is 4. The fraction of sp³-hybridized carbons (Fsp3) is 0.500. The lowest BCUT2D eigenvalue weighted by Gasteiger charge is -2.18. The Labute approximate surface area is 144 Å². The second-order valence-electron chi connectivity index (χ2n) is 6.22. The van der Waals surface area contributed by atoms with Gasteiger partial charge in [-0.2, -0.15) is 5.10 Å². The molecule has 24 heavy (non-hydrogen) atoms. The van der Waals surface area contributed by atoms with Gasteiger partial charge in [0.25, 0.3) is 0 Å². The van der Waals surface area contributed by atoms with Crippen LogP contribution in [0.1, 0.15) is 35.3 Å². The van der Waals surface area contributed by atoms with Gasteiger partial charge in [0.1, 0.15) is 0 Å². The number of hydrogen-bond donors (Lipinski definition) is 2. The lowest BCUT2D eigenvalue weighted by atomic mass is 10.1. The first-order valence-corrected chi connectivity index (χ1v) is 8.29. The van der Waals surface area contributed by atoms with Crippen LogP contribution in [0.3, 0.4) is 0 Å². The molecule has 0 aliphatic heterocycles. The van der Waals surface area contributed by atoms with Crippen LogP contribution in [0.4, 0.5) is 0 Å². The summed E-state index contributed by atoms with van der Waals surface area (Å²) in [6, 6.07) is 6.28. The van der Waals surface area contributed by atoms with Gasteiger partial charge in [-0.3, -0.25) is 14.7 Å². The second kappa shape index (κ2) is 7.95. The summed E-state index contributed by atoms with van der Waals surface area (Å²) in [7, 11) is 3.77. The standard InChI is InChI=1S/C18H28N6/c1-12-8-7-9-16(21-12)11-20-18(19-5)22-13(2)10-17-14(3)23-24(6)15(17)4/h7-9,13H,10-11H2,1-6H3,(H2,19,20,22). The first-order valence-electron chi connectivity index (χ1n) is 8.29. The monoisotopic (exact) mass is 328 g/mol. The normalized spacial score (nSPS) is 13.0. The SMILES string of the molecule is CN=C(NCc1cccc(C)n1)NC(C)Cc1c(C)nn(C)c1C. The van der Waals surface area contributed by atoms with Gasteiger partial charge in [-0.1, -0.05) is 6.07 Å². The van der Waals surface area contributed by atoms with Crippen molar-refractivity contribution in [3.05, 3.63) is 46.5 Å². The smallest absolute Gasteiger partial charge is 0.191 e. The Morgan fingerprint density at radius 1 is 1.29 bits per heavy atom. The molecule has 2 heterocycles. The third kappa shape index (κ3) is 4.57. The lowest BCUT2D eigenvalue weighted by Crippen LogP contribution is -2.42. The minimum Gasteiger partial charge on any atom is -0.354 e. The van der Waals surface area contributed by atoms with E-state index in [1.54, 1.807) is 7.05 Å². The summed E-state index contributed by atoms with van der Waals surface area (Å²) in [5.41, 5.74) is 5.63. The number of aromatic nitrogens is 3. The molecule has 0 saturated heterocycles. The molecule has 2 N–H and O–H groups in total. The molecule has 0 amide bonds. The molecule has 0 aromatic carbocycles. The number of guanidine groups is 1. The fourth-order valence-corrected chi connectivity index (χ4v) is 2.77. The predicted octanol–water partition coefficient (Wildman–Crippen LogP) is 2.04. The van der Waals surface area contributed by atoms with Gasteiger partial charge >= 0.3 is 0 Å². The summed E-state index contributed by atoms with van der Waals surface area (Å²) in [6.45, 7) is 8.98. The van der Waals surface area contributed by atoms with Gasteiger partial charge in [0, 0.05) is 31.5 Å². The van der Waals surface area contributed by atoms with E-state index in [9.17, 15) is 0 Å². The summed E-state index contributed by atoms with van der Waals surface area (Å²) in [5.74, 6) is 0.782. The van der Waals surface area contributed by atoms with Gasteiger partial charge in [0.15, 0.2) is 5.96 Å². The summed E-state index contributed by atoms with van der Waals surface area (Å²) >= 11 is 0. The van der Waals surface area contributed by atoms with E-state index in [2.05, 4.69) is 46.5 Å². The summed E-state index contributed by atoms with van der Waals surface area (Å²) in [6.07, 6.45) is 0.912. The van der Waals surface area contributed by atoms with E-state index < -0.39 is 0 Å². The van der Waals surface area contributed by atoms with Gasteiger partial charge < -0.3 is 10.6 Å². The van der Waals surface area contributed by atoms with E-state index in [1.165, 1.54) is 11.3 Å². The molecule has 0 bridgehead atoms. The van der Waals surface area contributed by atoms with Gasteiger partial charge in [-0.05, 0) is 51.8 Å². The highest BCUT2D eigenvalue weighted by atomic mass is 15.3. The number of hydrogen-bond acceptors (Lipinski definition) is 3. The van der Waals surface area contributed by atoms with Crippen LogP contribution in [0, 0.1) is 20.8 Å². The van der Waals surface area contributed by atoms with Crippen molar-refractivity contribution in [3.8, 4) is 0 Å². The number of pyridine rings is 1. The molecule has 0 saturated carbocycles. The van der Waals surface area contributed by atoms with E-state index in [0.717, 1.165) is 29.5 Å². The largest absolute Gasteiger partial charge is 0.354 e. The zero-order valence-electron chi connectivity index (χ0n) is 15.5. The van der Waals surface area contributed by atoms with E-state index in [-0.39, 0.29) is 6.04 Å². The van der Waals surface area contributed by atoms with Crippen molar-refractivity contribution in [2.45, 2.75) is 46.7 Å². The minimum atomic E-state index is 0.253. The first-order chi connectivity index (χ1) is 11.4. The summed E-state index contributed by atoms with van der Waals surface area (Å²) in [4.78, 5) is 8.80. The Hall–Kier alpha value is -2.37. The molecule has 2 rings (SSSR count). The summed E-state index contributed by atoms with van der Waals surface area (Å²) in [5, 5.41) is 11.2. The maximum absolute atomic E-state index is 4.50. The Kier molecular flexibility index (Phi) is 5.95. The van der Waals surface area contributed by atoms with Crippen molar-refractivity contribution < 1.29 is 0 Å². The van der Waals surface area contributed by atoms with E-state index in [1.807, 2.05) is 36.9 Å². The van der Waals surface area contributed by atoms with Crippen LogP contribution in [0.15, 0.2) is 23.2 Å². The molecular weight excluding hydrogens is 300 g/mol. The van der Waals surface area contributed by atoms with Gasteiger partial charge in [-0.15, -0.1) is 0 Å². The van der Waals surface area contributed by atoms with Crippen molar-refractivity contribution >= 4 is 5.96 Å². The topological polar surface area (TPSA) is 67.1 Å². The number of aliphatic imine (C=N–C) groups is 1. The van der Waals surface area contributed by atoms with Gasteiger partial charge in [0.05, 0.1) is 17.9 Å². The average molecular weight is 328 g/mol.